The number of hydrogen-bond donors (Lipinski definition) is 1. The van der Waals surface area contributed by atoms with Crippen molar-refractivity contribution >= 4 is 6.09 Å². The van der Waals surface area contributed by atoms with E-state index in [1.54, 1.807) is 0 Å². The second-order valence-corrected chi connectivity index (χ2v) is 6.75. The number of amides is 1. The van der Waals surface area contributed by atoms with Crippen molar-refractivity contribution in [1.82, 2.24) is 10.2 Å². The normalized spacial score (nSPS) is 34.2. The molecule has 2 aliphatic rings. The van der Waals surface area contributed by atoms with E-state index in [0.717, 1.165) is 26.1 Å². The summed E-state index contributed by atoms with van der Waals surface area (Å²) < 4.78 is 5.30. The molecule has 0 saturated carbocycles. The number of rotatable bonds is 2. The maximum Gasteiger partial charge on any atom is 0.410 e. The van der Waals surface area contributed by atoms with Gasteiger partial charge in [0.15, 0.2) is 0 Å². The Hall–Kier alpha value is -0.770. The van der Waals surface area contributed by atoms with E-state index in [-0.39, 0.29) is 17.0 Å². The maximum absolute atomic E-state index is 11.9. The number of hydrogen-bond acceptors (Lipinski definition) is 3. The Labute approximate surface area is 104 Å². The van der Waals surface area contributed by atoms with E-state index in [4.69, 9.17) is 4.74 Å². The largest absolute Gasteiger partial charge is 0.447 e. The summed E-state index contributed by atoms with van der Waals surface area (Å²) >= 11 is 0. The highest BCUT2D eigenvalue weighted by Crippen LogP contribution is 2.36. The van der Waals surface area contributed by atoms with Gasteiger partial charge >= 0.3 is 6.09 Å². The van der Waals surface area contributed by atoms with Crippen LogP contribution in [0.15, 0.2) is 0 Å². The number of carbonyl (C=O) groups excluding carboxylic acids is 1. The minimum atomic E-state index is -0.144. The lowest BCUT2D eigenvalue weighted by molar-refractivity contribution is 0.0932. The topological polar surface area (TPSA) is 41.6 Å². The van der Waals surface area contributed by atoms with Gasteiger partial charge in [0.1, 0.15) is 6.61 Å². The fourth-order valence-electron chi connectivity index (χ4n) is 2.82. The highest BCUT2D eigenvalue weighted by atomic mass is 16.6. The molecule has 4 heteroatoms. The Morgan fingerprint density at radius 2 is 2.24 bits per heavy atom. The van der Waals surface area contributed by atoms with Gasteiger partial charge in [-0.15, -0.1) is 0 Å². The summed E-state index contributed by atoms with van der Waals surface area (Å²) in [5.41, 5.74) is -0.0233. The molecule has 0 bridgehead atoms. The lowest BCUT2D eigenvalue weighted by Gasteiger charge is -2.39. The van der Waals surface area contributed by atoms with Crippen molar-refractivity contribution in [3.63, 3.8) is 0 Å². The van der Waals surface area contributed by atoms with Crippen molar-refractivity contribution in [2.24, 2.45) is 11.3 Å². The van der Waals surface area contributed by atoms with Crippen LogP contribution in [0.3, 0.4) is 0 Å². The van der Waals surface area contributed by atoms with Crippen LogP contribution in [0.1, 0.15) is 34.1 Å². The van der Waals surface area contributed by atoms with Crippen molar-refractivity contribution in [2.45, 2.75) is 39.7 Å². The first-order chi connectivity index (χ1) is 7.83. The summed E-state index contributed by atoms with van der Waals surface area (Å²) in [5, 5.41) is 3.38. The molecule has 1 N–H and O–H groups in total. The molecule has 98 valence electrons. The van der Waals surface area contributed by atoms with Gasteiger partial charge in [0.25, 0.3) is 0 Å². The Bertz CT molecular complexity index is 305. The van der Waals surface area contributed by atoms with Gasteiger partial charge in [-0.1, -0.05) is 20.8 Å². The quantitative estimate of drug-likeness (QED) is 0.801. The zero-order valence-electron chi connectivity index (χ0n) is 11.4. The first kappa shape index (κ1) is 12.7. The average molecular weight is 240 g/mol. The minimum absolute atomic E-state index is 0.108. The van der Waals surface area contributed by atoms with Gasteiger partial charge in [-0.25, -0.2) is 4.79 Å². The van der Waals surface area contributed by atoms with Gasteiger partial charge in [-0.05, 0) is 31.2 Å². The van der Waals surface area contributed by atoms with Crippen LogP contribution in [-0.4, -0.2) is 42.8 Å². The molecule has 0 spiro atoms. The van der Waals surface area contributed by atoms with Crippen LogP contribution in [-0.2, 0) is 4.74 Å². The van der Waals surface area contributed by atoms with E-state index in [1.807, 2.05) is 4.90 Å². The second kappa shape index (κ2) is 4.16. The molecular weight excluding hydrogens is 216 g/mol. The van der Waals surface area contributed by atoms with Crippen LogP contribution in [0.5, 0.6) is 0 Å². The maximum atomic E-state index is 11.9. The summed E-state index contributed by atoms with van der Waals surface area (Å²) in [7, 11) is 0. The Kier molecular flexibility index (Phi) is 3.10. The predicted octanol–water partition coefficient (Wildman–Crippen LogP) is 1.85. The molecular formula is C13H24N2O2. The molecule has 2 aliphatic heterocycles. The molecule has 1 amide bonds. The lowest BCUT2D eigenvalue weighted by atomic mass is 9.83. The standard InChI is InChI=1S/C13H24N2O2/c1-12(2,3)8-15-11(16)17-9-13(15,4)10-5-6-14-7-10/h10,14H,5-9H2,1-4H3. The third-order valence-electron chi connectivity index (χ3n) is 3.90. The first-order valence-corrected chi connectivity index (χ1v) is 6.48. The van der Waals surface area contributed by atoms with Crippen molar-refractivity contribution in [2.75, 3.05) is 26.2 Å². The van der Waals surface area contributed by atoms with E-state index < -0.39 is 0 Å². The predicted molar refractivity (Wildman–Crippen MR) is 66.9 cm³/mol. The molecule has 2 atom stereocenters. The minimum Gasteiger partial charge on any atom is -0.447 e. The Morgan fingerprint density at radius 3 is 2.76 bits per heavy atom. The van der Waals surface area contributed by atoms with Gasteiger partial charge in [0.2, 0.25) is 0 Å². The zero-order chi connectivity index (χ0) is 12.7. The van der Waals surface area contributed by atoms with Crippen LogP contribution in [0, 0.1) is 11.3 Å². The van der Waals surface area contributed by atoms with Crippen molar-refractivity contribution in [3.8, 4) is 0 Å². The summed E-state index contributed by atoms with van der Waals surface area (Å²) in [4.78, 5) is 13.9. The number of ether oxygens (including phenoxy) is 1. The molecule has 0 radical (unpaired) electrons. The van der Waals surface area contributed by atoms with E-state index in [0.29, 0.717) is 12.5 Å². The fourth-order valence-corrected chi connectivity index (χ4v) is 2.82. The summed E-state index contributed by atoms with van der Waals surface area (Å²) in [5.74, 6) is 0.510. The molecule has 2 rings (SSSR count). The molecule has 0 aromatic rings. The van der Waals surface area contributed by atoms with Crippen LogP contribution in [0.2, 0.25) is 0 Å². The molecule has 2 heterocycles. The van der Waals surface area contributed by atoms with Gasteiger partial charge in [0, 0.05) is 13.1 Å². The van der Waals surface area contributed by atoms with Gasteiger partial charge in [-0.3, -0.25) is 4.90 Å². The van der Waals surface area contributed by atoms with Crippen molar-refractivity contribution < 1.29 is 9.53 Å². The molecule has 2 fully saturated rings. The summed E-state index contributed by atoms with van der Waals surface area (Å²) in [6, 6.07) is 0. The van der Waals surface area contributed by atoms with E-state index in [9.17, 15) is 4.79 Å². The highest BCUT2D eigenvalue weighted by molar-refractivity contribution is 5.71. The van der Waals surface area contributed by atoms with Gasteiger partial charge in [-0.2, -0.15) is 0 Å². The molecule has 0 aromatic carbocycles. The average Bonchev–Trinajstić information content (AvgIpc) is 2.81. The van der Waals surface area contributed by atoms with Gasteiger partial charge in [0.05, 0.1) is 5.54 Å². The molecule has 2 unspecified atom stereocenters. The van der Waals surface area contributed by atoms with E-state index in [2.05, 4.69) is 33.0 Å². The number of nitrogens with zero attached hydrogens (tertiary/aromatic N) is 1. The molecule has 0 aliphatic carbocycles. The lowest BCUT2D eigenvalue weighted by Crippen LogP contribution is -2.53. The first-order valence-electron chi connectivity index (χ1n) is 6.48. The van der Waals surface area contributed by atoms with Crippen LogP contribution in [0.25, 0.3) is 0 Å². The third-order valence-corrected chi connectivity index (χ3v) is 3.90. The number of carbonyl (C=O) groups is 1. The smallest absolute Gasteiger partial charge is 0.410 e. The van der Waals surface area contributed by atoms with E-state index >= 15 is 0 Å². The monoisotopic (exact) mass is 240 g/mol. The zero-order valence-corrected chi connectivity index (χ0v) is 11.4. The Morgan fingerprint density at radius 1 is 1.53 bits per heavy atom. The van der Waals surface area contributed by atoms with Crippen LogP contribution >= 0.6 is 0 Å². The summed E-state index contributed by atoms with van der Waals surface area (Å²) in [6.07, 6.45) is 0.989. The van der Waals surface area contributed by atoms with E-state index in [1.165, 1.54) is 0 Å². The van der Waals surface area contributed by atoms with Crippen molar-refractivity contribution in [1.29, 1.82) is 0 Å². The van der Waals surface area contributed by atoms with Gasteiger partial charge < -0.3 is 10.1 Å². The number of nitrogens with one attached hydrogen (secondary N) is 1. The third kappa shape index (κ3) is 2.41. The SMILES string of the molecule is CC(C)(C)CN1C(=O)OCC1(C)C1CCNC1. The van der Waals surface area contributed by atoms with Crippen LogP contribution < -0.4 is 5.32 Å². The molecule has 2 saturated heterocycles. The van der Waals surface area contributed by atoms with Crippen molar-refractivity contribution in [3.05, 3.63) is 0 Å². The second-order valence-electron chi connectivity index (χ2n) is 6.75. The Balaban J connectivity index is 2.17. The molecule has 4 nitrogen and oxygen atoms in total. The van der Waals surface area contributed by atoms with Crippen LogP contribution in [0.4, 0.5) is 4.79 Å². The number of cyclic esters (lactones) is 1. The highest BCUT2D eigenvalue weighted by Gasteiger charge is 2.50. The fraction of sp³-hybridized carbons (Fsp3) is 0.923. The molecule has 17 heavy (non-hydrogen) atoms. The molecule has 0 aromatic heterocycles. The summed E-state index contributed by atoms with van der Waals surface area (Å²) in [6.45, 7) is 12.0.